The van der Waals surface area contributed by atoms with Gasteiger partial charge < -0.3 is 16.8 Å². The Morgan fingerprint density at radius 3 is 2.25 bits per heavy atom. The molecule has 0 aliphatic heterocycles. The molecule has 5 N–H and O–H groups in total. The summed E-state index contributed by atoms with van der Waals surface area (Å²) < 4.78 is 39.9. The standard InChI is InChI=1S/C13H10F3N3O/c14-6-1-2-11(8(15)3-6)19-12-4-7(13(18)20)10(17)5-9(12)16/h1-5,19H,17H2,(H2,18,20). The molecule has 0 aliphatic carbocycles. The third kappa shape index (κ3) is 2.66. The Balaban J connectivity index is 2.43. The Morgan fingerprint density at radius 2 is 1.65 bits per heavy atom. The average Bonchev–Trinajstić information content (AvgIpc) is 2.35. The lowest BCUT2D eigenvalue weighted by Gasteiger charge is -2.11. The van der Waals surface area contributed by atoms with Gasteiger partial charge in [0.1, 0.15) is 17.5 Å². The number of nitrogen functional groups attached to an aromatic ring is 1. The van der Waals surface area contributed by atoms with E-state index in [0.717, 1.165) is 24.3 Å². The quantitative estimate of drug-likeness (QED) is 0.756. The second kappa shape index (κ2) is 5.12. The van der Waals surface area contributed by atoms with E-state index in [1.807, 2.05) is 0 Å². The molecule has 0 atom stereocenters. The van der Waals surface area contributed by atoms with Crippen molar-refractivity contribution in [3.63, 3.8) is 0 Å². The fraction of sp³-hybridized carbons (Fsp3) is 0. The van der Waals surface area contributed by atoms with Gasteiger partial charge >= 0.3 is 0 Å². The number of rotatable bonds is 3. The van der Waals surface area contributed by atoms with Crippen molar-refractivity contribution in [2.75, 3.05) is 11.1 Å². The molecule has 0 aromatic heterocycles. The summed E-state index contributed by atoms with van der Waals surface area (Å²) in [5.41, 5.74) is 9.96. The molecule has 0 radical (unpaired) electrons. The van der Waals surface area contributed by atoms with E-state index in [1.54, 1.807) is 0 Å². The van der Waals surface area contributed by atoms with E-state index in [9.17, 15) is 18.0 Å². The minimum atomic E-state index is -0.901. The molecular weight excluding hydrogens is 271 g/mol. The molecule has 0 bridgehead atoms. The van der Waals surface area contributed by atoms with Crippen LogP contribution in [0.3, 0.4) is 0 Å². The molecule has 2 aromatic rings. The van der Waals surface area contributed by atoms with Crippen LogP contribution < -0.4 is 16.8 Å². The van der Waals surface area contributed by atoms with Crippen molar-refractivity contribution in [1.82, 2.24) is 0 Å². The zero-order valence-electron chi connectivity index (χ0n) is 10.1. The molecule has 4 nitrogen and oxygen atoms in total. The zero-order valence-corrected chi connectivity index (χ0v) is 10.1. The van der Waals surface area contributed by atoms with Crippen LogP contribution >= 0.6 is 0 Å². The summed E-state index contributed by atoms with van der Waals surface area (Å²) in [5.74, 6) is -3.30. The van der Waals surface area contributed by atoms with Crippen molar-refractivity contribution in [2.24, 2.45) is 5.73 Å². The molecular formula is C13H10F3N3O. The molecule has 104 valence electrons. The van der Waals surface area contributed by atoms with Crippen LogP contribution in [0.15, 0.2) is 30.3 Å². The van der Waals surface area contributed by atoms with Crippen LogP contribution in [0.1, 0.15) is 10.4 Å². The Morgan fingerprint density at radius 1 is 1.00 bits per heavy atom. The number of anilines is 3. The first-order valence-electron chi connectivity index (χ1n) is 5.49. The molecule has 0 unspecified atom stereocenters. The van der Waals surface area contributed by atoms with Crippen LogP contribution in [0, 0.1) is 17.5 Å². The highest BCUT2D eigenvalue weighted by atomic mass is 19.1. The van der Waals surface area contributed by atoms with Crippen LogP contribution in [0.2, 0.25) is 0 Å². The van der Waals surface area contributed by atoms with Gasteiger partial charge in [-0.05, 0) is 24.3 Å². The van der Waals surface area contributed by atoms with E-state index >= 15 is 0 Å². The predicted molar refractivity (Wildman–Crippen MR) is 69.0 cm³/mol. The van der Waals surface area contributed by atoms with Gasteiger partial charge in [-0.15, -0.1) is 0 Å². The lowest BCUT2D eigenvalue weighted by Crippen LogP contribution is -2.14. The van der Waals surface area contributed by atoms with Crippen LogP contribution in [-0.2, 0) is 0 Å². The summed E-state index contributed by atoms with van der Waals surface area (Å²) in [4.78, 5) is 11.1. The first-order chi connectivity index (χ1) is 9.38. The SMILES string of the molecule is NC(=O)c1cc(Nc2ccc(F)cc2F)c(F)cc1N. The number of primary amides is 1. The van der Waals surface area contributed by atoms with Gasteiger partial charge in [-0.25, -0.2) is 13.2 Å². The maximum Gasteiger partial charge on any atom is 0.250 e. The maximum absolute atomic E-state index is 13.7. The summed E-state index contributed by atoms with van der Waals surface area (Å²) in [6.07, 6.45) is 0. The van der Waals surface area contributed by atoms with Crippen molar-refractivity contribution in [2.45, 2.75) is 0 Å². The molecule has 2 rings (SSSR count). The summed E-state index contributed by atoms with van der Waals surface area (Å²) in [6, 6.07) is 4.71. The second-order valence-corrected chi connectivity index (χ2v) is 4.03. The van der Waals surface area contributed by atoms with Crippen LogP contribution in [0.4, 0.5) is 30.2 Å². The lowest BCUT2D eigenvalue weighted by atomic mass is 10.1. The zero-order chi connectivity index (χ0) is 14.9. The number of carbonyl (C=O) groups is 1. The summed E-state index contributed by atoms with van der Waals surface area (Å²) >= 11 is 0. The number of amides is 1. The highest BCUT2D eigenvalue weighted by Crippen LogP contribution is 2.26. The summed E-state index contributed by atoms with van der Waals surface area (Å²) in [7, 11) is 0. The van der Waals surface area contributed by atoms with E-state index in [4.69, 9.17) is 11.5 Å². The number of nitrogens with two attached hydrogens (primary N) is 2. The lowest BCUT2D eigenvalue weighted by molar-refractivity contribution is 0.100. The second-order valence-electron chi connectivity index (χ2n) is 4.03. The van der Waals surface area contributed by atoms with Crippen LogP contribution in [0.5, 0.6) is 0 Å². The third-order valence-electron chi connectivity index (χ3n) is 2.61. The molecule has 2 aromatic carbocycles. The smallest absolute Gasteiger partial charge is 0.250 e. The predicted octanol–water partition coefficient (Wildman–Crippen LogP) is 2.53. The van der Waals surface area contributed by atoms with Gasteiger partial charge in [0.05, 0.1) is 16.9 Å². The Labute approximate surface area is 112 Å². The number of nitrogens with one attached hydrogen (secondary N) is 1. The molecule has 20 heavy (non-hydrogen) atoms. The monoisotopic (exact) mass is 281 g/mol. The van der Waals surface area contributed by atoms with Crippen molar-refractivity contribution in [1.29, 1.82) is 0 Å². The fourth-order valence-electron chi connectivity index (χ4n) is 1.63. The van der Waals surface area contributed by atoms with Gasteiger partial charge in [-0.3, -0.25) is 4.79 Å². The molecule has 7 heteroatoms. The summed E-state index contributed by atoms with van der Waals surface area (Å²) in [6.45, 7) is 0. The molecule has 0 aliphatic rings. The van der Waals surface area contributed by atoms with Crippen LogP contribution in [0.25, 0.3) is 0 Å². The Bertz CT molecular complexity index is 689. The molecule has 0 heterocycles. The van der Waals surface area contributed by atoms with Crippen LogP contribution in [-0.4, -0.2) is 5.91 Å². The first-order valence-corrected chi connectivity index (χ1v) is 5.49. The van der Waals surface area contributed by atoms with Gasteiger partial charge in [0.2, 0.25) is 0 Å². The van der Waals surface area contributed by atoms with E-state index in [-0.39, 0.29) is 22.6 Å². The fourth-order valence-corrected chi connectivity index (χ4v) is 1.63. The topological polar surface area (TPSA) is 81.1 Å². The highest BCUT2D eigenvalue weighted by molar-refractivity contribution is 5.99. The number of hydrogen-bond donors (Lipinski definition) is 3. The normalized spacial score (nSPS) is 10.3. The van der Waals surface area contributed by atoms with E-state index in [2.05, 4.69) is 5.32 Å². The third-order valence-corrected chi connectivity index (χ3v) is 2.61. The number of benzene rings is 2. The number of hydrogen-bond acceptors (Lipinski definition) is 3. The van der Waals surface area contributed by atoms with E-state index in [1.165, 1.54) is 0 Å². The summed E-state index contributed by atoms with van der Waals surface area (Å²) in [5, 5.41) is 2.41. The maximum atomic E-state index is 13.7. The minimum Gasteiger partial charge on any atom is -0.398 e. The highest BCUT2D eigenvalue weighted by Gasteiger charge is 2.13. The van der Waals surface area contributed by atoms with Crippen molar-refractivity contribution in [3.05, 3.63) is 53.3 Å². The average molecular weight is 281 g/mol. The first kappa shape index (κ1) is 13.7. The van der Waals surface area contributed by atoms with Crippen molar-refractivity contribution in [3.8, 4) is 0 Å². The number of halogens is 3. The Hall–Kier alpha value is -2.70. The molecule has 0 saturated heterocycles. The van der Waals surface area contributed by atoms with Gasteiger partial charge in [0.15, 0.2) is 0 Å². The van der Waals surface area contributed by atoms with Crippen molar-refractivity contribution >= 4 is 23.0 Å². The van der Waals surface area contributed by atoms with E-state index in [0.29, 0.717) is 6.07 Å². The van der Waals surface area contributed by atoms with Gasteiger partial charge in [0.25, 0.3) is 5.91 Å². The van der Waals surface area contributed by atoms with Gasteiger partial charge in [-0.2, -0.15) is 0 Å². The van der Waals surface area contributed by atoms with E-state index < -0.39 is 23.4 Å². The van der Waals surface area contributed by atoms with Gasteiger partial charge in [0, 0.05) is 11.8 Å². The minimum absolute atomic E-state index is 0.101. The molecule has 1 amide bonds. The number of carbonyl (C=O) groups excluding carboxylic acids is 1. The van der Waals surface area contributed by atoms with Crippen molar-refractivity contribution < 1.29 is 18.0 Å². The molecule has 0 spiro atoms. The van der Waals surface area contributed by atoms with Gasteiger partial charge in [-0.1, -0.05) is 0 Å². The molecule has 0 saturated carbocycles. The largest absolute Gasteiger partial charge is 0.398 e. The Kier molecular flexibility index (Phi) is 3.51. The molecule has 0 fully saturated rings.